The maximum atomic E-state index is 13.1. The zero-order valence-corrected chi connectivity index (χ0v) is 15.8. The van der Waals surface area contributed by atoms with E-state index in [0.717, 1.165) is 47.5 Å². The molecule has 0 bridgehead atoms. The lowest BCUT2D eigenvalue weighted by atomic mass is 10.1. The first kappa shape index (κ1) is 17.9. The van der Waals surface area contributed by atoms with Crippen LogP contribution in [0.5, 0.6) is 0 Å². The average molecular weight is 389 g/mol. The minimum atomic E-state index is -0.213. The molecule has 0 amide bonds. The highest BCUT2D eigenvalue weighted by Crippen LogP contribution is 2.27. The van der Waals surface area contributed by atoms with E-state index < -0.39 is 0 Å². The highest BCUT2D eigenvalue weighted by Gasteiger charge is 2.26. The van der Waals surface area contributed by atoms with E-state index in [0.29, 0.717) is 6.61 Å². The Bertz CT molecular complexity index is 1110. The molecule has 1 aliphatic heterocycles. The first-order chi connectivity index (χ1) is 14.3. The topological polar surface area (TPSA) is 55.5 Å². The molecule has 0 aliphatic carbocycles. The predicted octanol–water partition coefficient (Wildman–Crippen LogP) is 3.50. The molecular formula is C22H20FN5O. The predicted molar refractivity (Wildman–Crippen MR) is 107 cm³/mol. The molecule has 3 aromatic heterocycles. The molecule has 0 N–H and O–H groups in total. The summed E-state index contributed by atoms with van der Waals surface area (Å²) in [6, 6.07) is 14.7. The lowest BCUT2D eigenvalue weighted by Gasteiger charge is -2.32. The molecule has 1 aromatic carbocycles. The second kappa shape index (κ2) is 7.69. The lowest BCUT2D eigenvalue weighted by Crippen LogP contribution is -2.38. The molecule has 0 saturated carbocycles. The molecule has 5 rings (SSSR count). The number of aromatic nitrogens is 4. The van der Waals surface area contributed by atoms with Crippen LogP contribution in [0.25, 0.3) is 16.6 Å². The molecule has 4 aromatic rings. The maximum absolute atomic E-state index is 13.1. The molecule has 4 heterocycles. The van der Waals surface area contributed by atoms with Crippen molar-refractivity contribution in [1.82, 2.24) is 24.7 Å². The minimum Gasteiger partial charge on any atom is -0.369 e. The van der Waals surface area contributed by atoms with Crippen molar-refractivity contribution in [3.8, 4) is 11.1 Å². The lowest BCUT2D eigenvalue weighted by molar-refractivity contribution is -0.0343. The smallest absolute Gasteiger partial charge is 0.123 e. The fourth-order valence-corrected chi connectivity index (χ4v) is 3.71. The van der Waals surface area contributed by atoms with Crippen LogP contribution in [0.3, 0.4) is 0 Å². The second-order valence-electron chi connectivity index (χ2n) is 7.18. The van der Waals surface area contributed by atoms with Gasteiger partial charge in [0.1, 0.15) is 17.6 Å². The van der Waals surface area contributed by atoms with E-state index in [1.807, 2.05) is 42.7 Å². The SMILES string of the molecule is Fc1ccc(CN2CCOC(c3nnn4cc(-c5cccnc5)ccc34)C2)cc1. The number of morpholine rings is 1. The quantitative estimate of drug-likeness (QED) is 0.535. The largest absolute Gasteiger partial charge is 0.369 e. The van der Waals surface area contributed by atoms with Gasteiger partial charge in [-0.3, -0.25) is 9.88 Å². The van der Waals surface area contributed by atoms with E-state index in [1.54, 1.807) is 10.7 Å². The Kier molecular flexibility index (Phi) is 4.75. The van der Waals surface area contributed by atoms with Gasteiger partial charge in [0.25, 0.3) is 0 Å². The summed E-state index contributed by atoms with van der Waals surface area (Å²) in [6.45, 7) is 2.93. The van der Waals surface area contributed by atoms with E-state index in [2.05, 4.69) is 26.3 Å². The molecule has 1 fully saturated rings. The molecular weight excluding hydrogens is 369 g/mol. The zero-order chi connectivity index (χ0) is 19.6. The molecule has 146 valence electrons. The highest BCUT2D eigenvalue weighted by atomic mass is 19.1. The van der Waals surface area contributed by atoms with Crippen molar-refractivity contribution in [2.75, 3.05) is 19.7 Å². The van der Waals surface area contributed by atoms with Crippen LogP contribution in [0.4, 0.5) is 4.39 Å². The number of benzene rings is 1. The summed E-state index contributed by atoms with van der Waals surface area (Å²) in [5.74, 6) is -0.213. The summed E-state index contributed by atoms with van der Waals surface area (Å²) >= 11 is 0. The van der Waals surface area contributed by atoms with Gasteiger partial charge in [0.2, 0.25) is 0 Å². The number of ether oxygens (including phenoxy) is 1. The van der Waals surface area contributed by atoms with Crippen molar-refractivity contribution in [2.24, 2.45) is 0 Å². The molecule has 1 saturated heterocycles. The third kappa shape index (κ3) is 3.74. The summed E-state index contributed by atoms with van der Waals surface area (Å²) in [7, 11) is 0. The fourth-order valence-electron chi connectivity index (χ4n) is 3.71. The van der Waals surface area contributed by atoms with Gasteiger partial charge in [-0.1, -0.05) is 29.5 Å². The van der Waals surface area contributed by atoms with Gasteiger partial charge in [-0.2, -0.15) is 0 Å². The number of halogens is 1. The van der Waals surface area contributed by atoms with Crippen molar-refractivity contribution in [1.29, 1.82) is 0 Å². The standard InChI is InChI=1S/C22H20FN5O/c23-19-6-3-16(4-7-19)13-27-10-11-29-21(15-27)22-20-8-5-18(14-28(20)26-25-22)17-2-1-9-24-12-17/h1-9,12,14,21H,10-11,13,15H2. The molecule has 29 heavy (non-hydrogen) atoms. The Labute approximate surface area is 167 Å². The molecule has 0 spiro atoms. The normalized spacial score (nSPS) is 17.6. The third-order valence-electron chi connectivity index (χ3n) is 5.21. The third-order valence-corrected chi connectivity index (χ3v) is 5.21. The summed E-state index contributed by atoms with van der Waals surface area (Å²) in [6.07, 6.45) is 5.40. The monoisotopic (exact) mass is 389 g/mol. The maximum Gasteiger partial charge on any atom is 0.123 e. The minimum absolute atomic E-state index is 0.147. The number of fused-ring (bicyclic) bond motifs is 1. The van der Waals surface area contributed by atoms with Crippen LogP contribution >= 0.6 is 0 Å². The number of rotatable bonds is 4. The molecule has 0 radical (unpaired) electrons. The fraction of sp³-hybridized carbons (Fsp3) is 0.227. The Morgan fingerprint density at radius 1 is 1.07 bits per heavy atom. The van der Waals surface area contributed by atoms with Gasteiger partial charge in [-0.05, 0) is 29.8 Å². The molecule has 1 unspecified atom stereocenters. The Morgan fingerprint density at radius 3 is 2.79 bits per heavy atom. The van der Waals surface area contributed by atoms with Gasteiger partial charge >= 0.3 is 0 Å². The first-order valence-corrected chi connectivity index (χ1v) is 9.60. The number of hydrogen-bond acceptors (Lipinski definition) is 5. The average Bonchev–Trinajstić information content (AvgIpc) is 3.19. The summed E-state index contributed by atoms with van der Waals surface area (Å²) in [5.41, 5.74) is 4.93. The molecule has 6 nitrogen and oxygen atoms in total. The number of pyridine rings is 2. The van der Waals surface area contributed by atoms with Crippen molar-refractivity contribution in [3.05, 3.63) is 84.2 Å². The van der Waals surface area contributed by atoms with Crippen LogP contribution in [-0.4, -0.2) is 44.4 Å². The molecule has 7 heteroatoms. The Morgan fingerprint density at radius 2 is 1.97 bits per heavy atom. The van der Waals surface area contributed by atoms with E-state index in [1.165, 1.54) is 12.1 Å². The second-order valence-corrected chi connectivity index (χ2v) is 7.18. The van der Waals surface area contributed by atoms with Gasteiger partial charge in [0.15, 0.2) is 0 Å². The van der Waals surface area contributed by atoms with Gasteiger partial charge in [-0.15, -0.1) is 5.10 Å². The van der Waals surface area contributed by atoms with E-state index >= 15 is 0 Å². The van der Waals surface area contributed by atoms with Crippen LogP contribution in [0.2, 0.25) is 0 Å². The van der Waals surface area contributed by atoms with Crippen molar-refractivity contribution in [2.45, 2.75) is 12.6 Å². The van der Waals surface area contributed by atoms with Crippen LogP contribution in [-0.2, 0) is 11.3 Å². The molecule has 1 atom stereocenters. The van der Waals surface area contributed by atoms with Gasteiger partial charge < -0.3 is 4.74 Å². The van der Waals surface area contributed by atoms with Crippen molar-refractivity contribution < 1.29 is 9.13 Å². The van der Waals surface area contributed by atoms with Crippen LogP contribution < -0.4 is 0 Å². The summed E-state index contributed by atoms with van der Waals surface area (Å²) in [5, 5.41) is 8.71. The highest BCUT2D eigenvalue weighted by molar-refractivity contribution is 5.65. The van der Waals surface area contributed by atoms with Gasteiger partial charge in [0, 0.05) is 49.4 Å². The Balaban J connectivity index is 1.36. The summed E-state index contributed by atoms with van der Waals surface area (Å²) < 4.78 is 20.9. The van der Waals surface area contributed by atoms with E-state index in [4.69, 9.17) is 4.74 Å². The van der Waals surface area contributed by atoms with Crippen LogP contribution in [0, 0.1) is 5.82 Å². The van der Waals surface area contributed by atoms with Crippen molar-refractivity contribution >= 4 is 5.52 Å². The number of hydrogen-bond donors (Lipinski definition) is 0. The van der Waals surface area contributed by atoms with Gasteiger partial charge in [-0.25, -0.2) is 8.91 Å². The van der Waals surface area contributed by atoms with Crippen LogP contribution in [0.15, 0.2) is 67.1 Å². The van der Waals surface area contributed by atoms with Crippen molar-refractivity contribution in [3.63, 3.8) is 0 Å². The summed E-state index contributed by atoms with van der Waals surface area (Å²) in [4.78, 5) is 6.48. The van der Waals surface area contributed by atoms with E-state index in [9.17, 15) is 4.39 Å². The van der Waals surface area contributed by atoms with Gasteiger partial charge in [0.05, 0.1) is 12.1 Å². The Hall–Kier alpha value is -3.16. The first-order valence-electron chi connectivity index (χ1n) is 9.60. The van der Waals surface area contributed by atoms with Crippen LogP contribution in [0.1, 0.15) is 17.4 Å². The zero-order valence-electron chi connectivity index (χ0n) is 15.8. The van der Waals surface area contributed by atoms with E-state index in [-0.39, 0.29) is 11.9 Å². The number of nitrogens with zero attached hydrogens (tertiary/aromatic N) is 5. The molecule has 1 aliphatic rings.